The van der Waals surface area contributed by atoms with Gasteiger partial charge in [-0.15, -0.1) is 0 Å². The Bertz CT molecular complexity index is 633. The second kappa shape index (κ2) is 6.82. The highest BCUT2D eigenvalue weighted by Gasteiger charge is 2.27. The van der Waals surface area contributed by atoms with Crippen molar-refractivity contribution in [1.29, 1.82) is 0 Å². The summed E-state index contributed by atoms with van der Waals surface area (Å²) >= 11 is 0. The van der Waals surface area contributed by atoms with Gasteiger partial charge in [-0.05, 0) is 50.2 Å². The maximum atomic E-state index is 12.3. The van der Waals surface area contributed by atoms with Crippen LogP contribution in [0.1, 0.15) is 45.6 Å². The standard InChI is InChI=1S/C17H26N2O2S/c1-12(2)16-10-7-14(4)11-17(16)18-19-22(20,21)15-8-5-13(3)6-9-15/h5-6,8-9,12,14,16,19H,7,10-11H2,1-4H3/t14-,16-/m1/s1. The third-order valence-corrected chi connectivity index (χ3v) is 5.63. The number of aryl methyl sites for hydroxylation is 1. The molecule has 0 amide bonds. The fraction of sp³-hybridized carbons (Fsp3) is 0.588. The van der Waals surface area contributed by atoms with Crippen molar-refractivity contribution in [3.8, 4) is 0 Å². The van der Waals surface area contributed by atoms with Crippen LogP contribution in [0.4, 0.5) is 0 Å². The number of nitrogens with zero attached hydrogens (tertiary/aromatic N) is 1. The zero-order chi connectivity index (χ0) is 16.3. The first-order chi connectivity index (χ1) is 10.3. The van der Waals surface area contributed by atoms with Crippen LogP contribution in [-0.4, -0.2) is 14.1 Å². The van der Waals surface area contributed by atoms with E-state index in [0.29, 0.717) is 17.8 Å². The van der Waals surface area contributed by atoms with Crippen LogP contribution >= 0.6 is 0 Å². The molecule has 2 atom stereocenters. The molecule has 5 heteroatoms. The van der Waals surface area contributed by atoms with Gasteiger partial charge < -0.3 is 0 Å². The van der Waals surface area contributed by atoms with Crippen molar-refractivity contribution in [2.45, 2.75) is 51.9 Å². The van der Waals surface area contributed by atoms with E-state index >= 15 is 0 Å². The van der Waals surface area contributed by atoms with Crippen molar-refractivity contribution < 1.29 is 8.42 Å². The summed E-state index contributed by atoms with van der Waals surface area (Å²) in [6.07, 6.45) is 3.15. The highest BCUT2D eigenvalue weighted by molar-refractivity contribution is 7.89. The molecule has 0 bridgehead atoms. The predicted molar refractivity (Wildman–Crippen MR) is 90.3 cm³/mol. The van der Waals surface area contributed by atoms with Gasteiger partial charge in [-0.25, -0.2) is 4.83 Å². The first-order valence-electron chi connectivity index (χ1n) is 7.94. The molecule has 1 fully saturated rings. The summed E-state index contributed by atoms with van der Waals surface area (Å²) in [6.45, 7) is 8.47. The SMILES string of the molecule is Cc1ccc(S(=O)(=O)NN=C2C[C@H](C)CC[C@@H]2C(C)C)cc1. The number of sulfonamides is 1. The second-order valence-electron chi connectivity index (χ2n) is 6.75. The van der Waals surface area contributed by atoms with Crippen LogP contribution in [0.2, 0.25) is 0 Å². The molecule has 0 unspecified atom stereocenters. The van der Waals surface area contributed by atoms with Gasteiger partial charge in [0.2, 0.25) is 0 Å². The minimum absolute atomic E-state index is 0.257. The van der Waals surface area contributed by atoms with E-state index in [0.717, 1.165) is 24.1 Å². The van der Waals surface area contributed by atoms with Crippen LogP contribution in [0.15, 0.2) is 34.3 Å². The fourth-order valence-corrected chi connectivity index (χ4v) is 3.81. The van der Waals surface area contributed by atoms with Crippen molar-refractivity contribution in [2.75, 3.05) is 0 Å². The van der Waals surface area contributed by atoms with Gasteiger partial charge in [-0.3, -0.25) is 0 Å². The van der Waals surface area contributed by atoms with Crippen LogP contribution in [-0.2, 0) is 10.0 Å². The molecule has 0 spiro atoms. The molecular weight excluding hydrogens is 296 g/mol. The van der Waals surface area contributed by atoms with E-state index < -0.39 is 10.0 Å². The van der Waals surface area contributed by atoms with Crippen LogP contribution in [0.5, 0.6) is 0 Å². The molecule has 0 heterocycles. The maximum Gasteiger partial charge on any atom is 0.276 e. The Hall–Kier alpha value is -1.36. The number of rotatable bonds is 4. The fourth-order valence-electron chi connectivity index (χ4n) is 2.98. The molecule has 1 N–H and O–H groups in total. The monoisotopic (exact) mass is 322 g/mol. The summed E-state index contributed by atoms with van der Waals surface area (Å²) in [5.41, 5.74) is 2.02. The largest absolute Gasteiger partial charge is 0.276 e. The van der Waals surface area contributed by atoms with Crippen molar-refractivity contribution in [2.24, 2.45) is 22.9 Å². The molecule has 0 radical (unpaired) electrons. The van der Waals surface area contributed by atoms with Gasteiger partial charge in [0, 0.05) is 11.6 Å². The highest BCUT2D eigenvalue weighted by Crippen LogP contribution is 2.31. The van der Waals surface area contributed by atoms with E-state index in [1.54, 1.807) is 24.3 Å². The summed E-state index contributed by atoms with van der Waals surface area (Å²) < 4.78 is 24.7. The van der Waals surface area contributed by atoms with Gasteiger partial charge in [-0.1, -0.05) is 38.5 Å². The van der Waals surface area contributed by atoms with E-state index in [9.17, 15) is 8.42 Å². The van der Waals surface area contributed by atoms with E-state index in [4.69, 9.17) is 0 Å². The molecule has 0 aromatic heterocycles. The molecule has 4 nitrogen and oxygen atoms in total. The lowest BCUT2D eigenvalue weighted by atomic mass is 9.76. The second-order valence-corrected chi connectivity index (χ2v) is 8.41. The maximum absolute atomic E-state index is 12.3. The molecule has 1 aliphatic rings. The zero-order valence-corrected chi connectivity index (χ0v) is 14.7. The molecule has 1 aromatic carbocycles. The average molecular weight is 322 g/mol. The third kappa shape index (κ3) is 4.09. The molecule has 0 aliphatic heterocycles. The molecule has 0 saturated heterocycles. The highest BCUT2D eigenvalue weighted by atomic mass is 32.2. The Morgan fingerprint density at radius 2 is 1.82 bits per heavy atom. The van der Waals surface area contributed by atoms with Crippen LogP contribution in [0.3, 0.4) is 0 Å². The first-order valence-corrected chi connectivity index (χ1v) is 9.43. The van der Waals surface area contributed by atoms with Gasteiger partial charge >= 0.3 is 0 Å². The third-order valence-electron chi connectivity index (χ3n) is 4.40. The number of hydrazone groups is 1. The normalized spacial score (nSPS) is 24.7. The zero-order valence-electron chi connectivity index (χ0n) is 13.8. The van der Waals surface area contributed by atoms with Crippen LogP contribution in [0, 0.1) is 24.7 Å². The Morgan fingerprint density at radius 3 is 2.41 bits per heavy atom. The van der Waals surface area contributed by atoms with Gasteiger partial charge in [0.05, 0.1) is 4.90 Å². The first kappa shape index (κ1) is 17.0. The minimum Gasteiger partial charge on any atom is -0.200 e. The van der Waals surface area contributed by atoms with Gasteiger partial charge in [0.25, 0.3) is 10.0 Å². The predicted octanol–water partition coefficient (Wildman–Crippen LogP) is 3.72. The number of nitrogens with one attached hydrogen (secondary N) is 1. The smallest absolute Gasteiger partial charge is 0.200 e. The molecular formula is C17H26N2O2S. The summed E-state index contributed by atoms with van der Waals surface area (Å²) in [4.78, 5) is 2.69. The lowest BCUT2D eigenvalue weighted by Gasteiger charge is -2.30. The number of hydrogen-bond acceptors (Lipinski definition) is 3. The van der Waals surface area contributed by atoms with Gasteiger partial charge in [0.1, 0.15) is 0 Å². The summed E-state index contributed by atoms with van der Waals surface area (Å²) in [7, 11) is -3.58. The number of benzene rings is 1. The van der Waals surface area contributed by atoms with Crippen molar-refractivity contribution in [3.05, 3.63) is 29.8 Å². The molecule has 1 saturated carbocycles. The number of hydrogen-bond donors (Lipinski definition) is 1. The summed E-state index contributed by atoms with van der Waals surface area (Å²) in [5, 5.41) is 4.29. The topological polar surface area (TPSA) is 58.5 Å². The van der Waals surface area contributed by atoms with Crippen molar-refractivity contribution >= 4 is 15.7 Å². The lowest BCUT2D eigenvalue weighted by molar-refractivity contribution is 0.363. The van der Waals surface area contributed by atoms with Gasteiger partial charge in [0.15, 0.2) is 0 Å². The van der Waals surface area contributed by atoms with Crippen LogP contribution < -0.4 is 4.83 Å². The Balaban J connectivity index is 2.19. The Morgan fingerprint density at radius 1 is 1.18 bits per heavy atom. The Labute approximate surface area is 134 Å². The molecule has 22 heavy (non-hydrogen) atoms. The van der Waals surface area contributed by atoms with E-state index in [1.807, 2.05) is 6.92 Å². The minimum atomic E-state index is -3.58. The summed E-state index contributed by atoms with van der Waals surface area (Å²) in [6, 6.07) is 6.81. The lowest BCUT2D eigenvalue weighted by Crippen LogP contribution is -2.31. The van der Waals surface area contributed by atoms with Crippen molar-refractivity contribution in [1.82, 2.24) is 4.83 Å². The molecule has 122 valence electrons. The molecule has 1 aliphatic carbocycles. The summed E-state index contributed by atoms with van der Waals surface area (Å²) in [5.74, 6) is 1.42. The van der Waals surface area contributed by atoms with Crippen molar-refractivity contribution in [3.63, 3.8) is 0 Å². The van der Waals surface area contributed by atoms with Gasteiger partial charge in [-0.2, -0.15) is 13.5 Å². The van der Waals surface area contributed by atoms with Crippen LogP contribution in [0.25, 0.3) is 0 Å². The average Bonchev–Trinajstić information content (AvgIpc) is 2.45. The van der Waals surface area contributed by atoms with E-state index in [1.165, 1.54) is 6.42 Å². The van der Waals surface area contributed by atoms with E-state index in [2.05, 4.69) is 30.7 Å². The molecule has 1 aromatic rings. The molecule has 2 rings (SSSR count). The van der Waals surface area contributed by atoms with E-state index in [-0.39, 0.29) is 4.90 Å². The Kier molecular flexibility index (Phi) is 5.27. The quantitative estimate of drug-likeness (QED) is 0.859.